The second kappa shape index (κ2) is 9.38. The van der Waals surface area contributed by atoms with Crippen molar-refractivity contribution >= 4 is 42.2 Å². The number of fused-ring (bicyclic) bond motifs is 1. The summed E-state index contributed by atoms with van der Waals surface area (Å²) in [5.41, 5.74) is 4.06. The molecule has 4 rings (SSSR count). The summed E-state index contributed by atoms with van der Waals surface area (Å²) in [6.07, 6.45) is 2.50. The third kappa shape index (κ3) is 4.66. The molecule has 0 saturated heterocycles. The molecule has 0 spiro atoms. The maximum absolute atomic E-state index is 12.3. The molecule has 1 aliphatic heterocycles. The van der Waals surface area contributed by atoms with Gasteiger partial charge in [-0.2, -0.15) is 0 Å². The Hall–Kier alpha value is -3.07. The van der Waals surface area contributed by atoms with Crippen LogP contribution in [0.25, 0.3) is 11.1 Å². The molecule has 0 unspecified atom stereocenters. The Bertz CT molecular complexity index is 1090. The Labute approximate surface area is 193 Å². The summed E-state index contributed by atoms with van der Waals surface area (Å²) in [5.74, 6) is -0.149. The van der Waals surface area contributed by atoms with Crippen molar-refractivity contribution in [1.29, 1.82) is 0 Å². The first-order valence-electron chi connectivity index (χ1n) is 9.89. The minimum atomic E-state index is -0.947. The van der Waals surface area contributed by atoms with Gasteiger partial charge in [0, 0.05) is 24.8 Å². The zero-order valence-electron chi connectivity index (χ0n) is 16.9. The summed E-state index contributed by atoms with van der Waals surface area (Å²) in [6.45, 7) is 3.64. The summed E-state index contributed by atoms with van der Waals surface area (Å²) in [7, 11) is 0. The van der Waals surface area contributed by atoms with Crippen LogP contribution in [-0.4, -0.2) is 46.9 Å². The quantitative estimate of drug-likeness (QED) is 0.634. The van der Waals surface area contributed by atoms with Crippen molar-refractivity contribution in [3.63, 3.8) is 0 Å². The molecular formula is C24H24LiN3O3. The van der Waals surface area contributed by atoms with Crippen LogP contribution in [0.1, 0.15) is 42.2 Å². The van der Waals surface area contributed by atoms with Gasteiger partial charge in [-0.3, -0.25) is 4.79 Å². The van der Waals surface area contributed by atoms with Crippen LogP contribution in [0.15, 0.2) is 66.9 Å². The number of pyridine rings is 1. The first kappa shape index (κ1) is 22.6. The molecular weight excluding hydrogens is 385 g/mol. The molecule has 2 aromatic carbocycles. The van der Waals surface area contributed by atoms with E-state index in [-0.39, 0.29) is 42.4 Å². The summed E-state index contributed by atoms with van der Waals surface area (Å²) >= 11 is 0. The number of benzene rings is 2. The first-order valence-corrected chi connectivity index (χ1v) is 9.89. The number of amides is 1. The molecule has 3 aromatic rings. The SMILES string of the molecule is CC(=O)N1c2ccc(-c3ccc(C(=O)O)cc3)cc2[C@H](Nc2ccccn2)C[C@@H]1C.[LiH]. The summed E-state index contributed by atoms with van der Waals surface area (Å²) in [6, 6.07) is 18.6. The van der Waals surface area contributed by atoms with E-state index in [0.717, 1.165) is 34.6 Å². The van der Waals surface area contributed by atoms with Gasteiger partial charge in [-0.15, -0.1) is 0 Å². The Morgan fingerprint density at radius 2 is 1.77 bits per heavy atom. The normalized spacial score (nSPS) is 17.3. The zero-order valence-corrected chi connectivity index (χ0v) is 16.9. The molecule has 2 N–H and O–H groups in total. The number of carbonyl (C=O) groups excluding carboxylic acids is 1. The van der Waals surface area contributed by atoms with Gasteiger partial charge in [0.25, 0.3) is 0 Å². The number of anilines is 2. The van der Waals surface area contributed by atoms with Gasteiger partial charge in [0.2, 0.25) is 5.91 Å². The fourth-order valence-corrected chi connectivity index (χ4v) is 4.09. The fraction of sp³-hybridized carbons (Fsp3) is 0.208. The van der Waals surface area contributed by atoms with Crippen molar-refractivity contribution in [2.45, 2.75) is 32.4 Å². The molecule has 154 valence electrons. The molecule has 0 saturated carbocycles. The van der Waals surface area contributed by atoms with E-state index in [9.17, 15) is 9.59 Å². The number of carboxylic acids is 1. The number of carbonyl (C=O) groups is 2. The summed E-state index contributed by atoms with van der Waals surface area (Å²) < 4.78 is 0. The van der Waals surface area contributed by atoms with Crippen molar-refractivity contribution in [2.75, 3.05) is 10.2 Å². The topological polar surface area (TPSA) is 82.5 Å². The number of nitrogens with one attached hydrogen (secondary N) is 1. The molecule has 7 heteroatoms. The van der Waals surface area contributed by atoms with Crippen molar-refractivity contribution in [1.82, 2.24) is 4.98 Å². The van der Waals surface area contributed by atoms with Gasteiger partial charge >= 0.3 is 24.8 Å². The Balaban J connectivity index is 0.00000272. The van der Waals surface area contributed by atoms with E-state index in [1.165, 1.54) is 0 Å². The predicted octanol–water partition coefficient (Wildman–Crippen LogP) is 4.10. The van der Waals surface area contributed by atoms with E-state index >= 15 is 0 Å². The van der Waals surface area contributed by atoms with Crippen LogP contribution in [-0.2, 0) is 4.79 Å². The van der Waals surface area contributed by atoms with E-state index < -0.39 is 5.97 Å². The summed E-state index contributed by atoms with van der Waals surface area (Å²) in [5, 5.41) is 12.6. The third-order valence-corrected chi connectivity index (χ3v) is 5.47. The van der Waals surface area contributed by atoms with Crippen molar-refractivity contribution in [3.8, 4) is 11.1 Å². The molecule has 2 atom stereocenters. The van der Waals surface area contributed by atoms with Gasteiger partial charge in [-0.1, -0.05) is 24.3 Å². The van der Waals surface area contributed by atoms with Crippen LogP contribution in [0.4, 0.5) is 11.5 Å². The number of hydrogen-bond acceptors (Lipinski definition) is 4. The molecule has 0 radical (unpaired) electrons. The fourth-order valence-electron chi connectivity index (χ4n) is 4.09. The van der Waals surface area contributed by atoms with Gasteiger partial charge < -0.3 is 15.3 Å². The van der Waals surface area contributed by atoms with Gasteiger partial charge in [0.1, 0.15) is 5.82 Å². The van der Waals surface area contributed by atoms with Crippen LogP contribution < -0.4 is 10.2 Å². The summed E-state index contributed by atoms with van der Waals surface area (Å²) in [4.78, 5) is 29.7. The van der Waals surface area contributed by atoms with E-state index in [1.807, 2.05) is 35.2 Å². The molecule has 1 aliphatic rings. The molecule has 1 aromatic heterocycles. The molecule has 0 bridgehead atoms. The van der Waals surface area contributed by atoms with E-state index in [0.29, 0.717) is 0 Å². The Morgan fingerprint density at radius 3 is 2.39 bits per heavy atom. The molecule has 0 fully saturated rings. The van der Waals surface area contributed by atoms with E-state index in [1.54, 1.807) is 37.4 Å². The molecule has 2 heterocycles. The number of aromatic nitrogens is 1. The number of nitrogens with zero attached hydrogens (tertiary/aromatic N) is 2. The van der Waals surface area contributed by atoms with E-state index in [4.69, 9.17) is 5.11 Å². The number of aromatic carboxylic acids is 1. The average molecular weight is 409 g/mol. The monoisotopic (exact) mass is 409 g/mol. The number of hydrogen-bond donors (Lipinski definition) is 2. The van der Waals surface area contributed by atoms with Crippen molar-refractivity contribution < 1.29 is 14.7 Å². The maximum atomic E-state index is 12.3. The Kier molecular flexibility index (Phi) is 6.84. The average Bonchev–Trinajstić information content (AvgIpc) is 2.74. The van der Waals surface area contributed by atoms with Crippen molar-refractivity contribution in [2.24, 2.45) is 0 Å². The minimum absolute atomic E-state index is 0. The van der Waals surface area contributed by atoms with Gasteiger partial charge in [-0.05, 0) is 66.4 Å². The standard InChI is InChI=1S/C24H23N3O3.Li.H/c1-15-13-21(26-23-5-3-4-12-25-23)20-14-19(10-11-22(20)27(15)16(2)28)17-6-8-18(9-7-17)24(29)30;;/h3-12,14-15,21H,13H2,1-2H3,(H,25,26)(H,29,30);;/t15-,21+;;/m0../s1. The van der Waals surface area contributed by atoms with Crippen LogP contribution in [0.3, 0.4) is 0 Å². The molecule has 31 heavy (non-hydrogen) atoms. The first-order chi connectivity index (χ1) is 14.4. The Morgan fingerprint density at radius 1 is 1.06 bits per heavy atom. The van der Waals surface area contributed by atoms with Gasteiger partial charge in [0.05, 0.1) is 11.6 Å². The second-order valence-corrected chi connectivity index (χ2v) is 7.54. The number of rotatable bonds is 4. The zero-order chi connectivity index (χ0) is 21.3. The van der Waals surface area contributed by atoms with Crippen LogP contribution >= 0.6 is 0 Å². The van der Waals surface area contributed by atoms with Gasteiger partial charge in [0.15, 0.2) is 0 Å². The molecule has 6 nitrogen and oxygen atoms in total. The van der Waals surface area contributed by atoms with Crippen molar-refractivity contribution in [3.05, 3.63) is 78.0 Å². The van der Waals surface area contributed by atoms with Gasteiger partial charge in [-0.25, -0.2) is 9.78 Å². The molecule has 1 amide bonds. The third-order valence-electron chi connectivity index (χ3n) is 5.47. The molecule has 0 aliphatic carbocycles. The van der Waals surface area contributed by atoms with Crippen LogP contribution in [0, 0.1) is 0 Å². The van der Waals surface area contributed by atoms with Crippen LogP contribution in [0.5, 0.6) is 0 Å². The van der Waals surface area contributed by atoms with Crippen LogP contribution in [0.2, 0.25) is 0 Å². The second-order valence-electron chi connectivity index (χ2n) is 7.54. The van der Waals surface area contributed by atoms with E-state index in [2.05, 4.69) is 23.3 Å². The number of carboxylic acid groups (broad SMARTS) is 1. The predicted molar refractivity (Wildman–Crippen MR) is 124 cm³/mol.